The minimum atomic E-state index is -1.11. The van der Waals surface area contributed by atoms with Gasteiger partial charge in [0, 0.05) is 5.56 Å². The van der Waals surface area contributed by atoms with Crippen LogP contribution in [-0.4, -0.2) is 29.1 Å². The largest absolute Gasteiger partial charge is 0.477 e. The van der Waals surface area contributed by atoms with Gasteiger partial charge in [-0.15, -0.1) is 0 Å². The minimum Gasteiger partial charge on any atom is -0.477 e. The molecule has 2 rings (SSSR count). The molecule has 0 atom stereocenters. The summed E-state index contributed by atoms with van der Waals surface area (Å²) in [6, 6.07) is 9.34. The van der Waals surface area contributed by atoms with Crippen molar-refractivity contribution in [3.63, 3.8) is 0 Å². The van der Waals surface area contributed by atoms with Gasteiger partial charge < -0.3 is 9.84 Å². The zero-order valence-corrected chi connectivity index (χ0v) is 11.2. The average molecular weight is 292 g/mol. The highest BCUT2D eigenvalue weighted by molar-refractivity contribution is 6.33. The van der Waals surface area contributed by atoms with E-state index in [9.17, 15) is 9.59 Å². The van der Waals surface area contributed by atoms with Gasteiger partial charge in [-0.3, -0.25) is 0 Å². The molecule has 0 radical (unpaired) electrons. The SMILES string of the molecule is COC(=O)c1ccc(-c2cccc(C(=O)O)n2)cc1Cl. The number of ether oxygens (including phenoxy) is 1. The fourth-order valence-corrected chi connectivity index (χ4v) is 1.92. The quantitative estimate of drug-likeness (QED) is 0.880. The van der Waals surface area contributed by atoms with Crippen LogP contribution in [0.1, 0.15) is 20.8 Å². The Bertz CT molecular complexity index is 685. The van der Waals surface area contributed by atoms with Gasteiger partial charge in [0.05, 0.1) is 23.4 Å². The van der Waals surface area contributed by atoms with Crippen molar-refractivity contribution in [2.24, 2.45) is 0 Å². The number of carbonyl (C=O) groups is 2. The van der Waals surface area contributed by atoms with Crippen LogP contribution in [0.5, 0.6) is 0 Å². The standard InChI is InChI=1S/C14H10ClNO4/c1-20-14(19)9-6-5-8(7-10(9)15)11-3-2-4-12(16-11)13(17)18/h2-7H,1H3,(H,17,18). The maximum atomic E-state index is 11.4. The van der Waals surface area contributed by atoms with Crippen molar-refractivity contribution in [3.8, 4) is 11.3 Å². The van der Waals surface area contributed by atoms with Crippen LogP contribution >= 0.6 is 11.6 Å². The number of aromatic nitrogens is 1. The molecular formula is C14H10ClNO4. The molecule has 0 aliphatic heterocycles. The molecule has 102 valence electrons. The third-order valence-electron chi connectivity index (χ3n) is 2.64. The van der Waals surface area contributed by atoms with Gasteiger partial charge in [0.1, 0.15) is 5.69 Å². The highest BCUT2D eigenvalue weighted by Gasteiger charge is 2.13. The van der Waals surface area contributed by atoms with Gasteiger partial charge in [-0.05, 0) is 24.3 Å². The summed E-state index contributed by atoms with van der Waals surface area (Å²) in [5.74, 6) is -1.64. The lowest BCUT2D eigenvalue weighted by Gasteiger charge is -2.06. The molecule has 0 spiro atoms. The Balaban J connectivity index is 2.44. The van der Waals surface area contributed by atoms with E-state index in [2.05, 4.69) is 9.72 Å². The van der Waals surface area contributed by atoms with E-state index in [1.54, 1.807) is 24.3 Å². The van der Waals surface area contributed by atoms with E-state index < -0.39 is 11.9 Å². The fourth-order valence-electron chi connectivity index (χ4n) is 1.66. The molecule has 0 amide bonds. The molecule has 0 bridgehead atoms. The molecule has 0 saturated heterocycles. The number of halogens is 1. The predicted octanol–water partition coefficient (Wildman–Crippen LogP) is 2.89. The van der Waals surface area contributed by atoms with Crippen molar-refractivity contribution in [2.75, 3.05) is 7.11 Å². The van der Waals surface area contributed by atoms with Crippen LogP contribution in [0.15, 0.2) is 36.4 Å². The van der Waals surface area contributed by atoms with Crippen molar-refractivity contribution in [1.82, 2.24) is 4.98 Å². The molecule has 0 fully saturated rings. The highest BCUT2D eigenvalue weighted by atomic mass is 35.5. The van der Waals surface area contributed by atoms with E-state index in [-0.39, 0.29) is 16.3 Å². The molecule has 1 heterocycles. The van der Waals surface area contributed by atoms with E-state index in [1.165, 1.54) is 19.2 Å². The zero-order valence-electron chi connectivity index (χ0n) is 10.5. The Labute approximate surface area is 119 Å². The summed E-state index contributed by atoms with van der Waals surface area (Å²) in [5, 5.41) is 9.13. The fraction of sp³-hybridized carbons (Fsp3) is 0.0714. The maximum absolute atomic E-state index is 11.4. The second kappa shape index (κ2) is 5.71. The van der Waals surface area contributed by atoms with Crippen LogP contribution in [-0.2, 0) is 4.74 Å². The molecule has 2 aromatic rings. The van der Waals surface area contributed by atoms with Crippen molar-refractivity contribution >= 4 is 23.5 Å². The lowest BCUT2D eigenvalue weighted by molar-refractivity contribution is 0.0600. The van der Waals surface area contributed by atoms with Crippen LogP contribution in [0.3, 0.4) is 0 Å². The van der Waals surface area contributed by atoms with Gasteiger partial charge in [-0.25, -0.2) is 14.6 Å². The molecule has 6 heteroatoms. The minimum absolute atomic E-state index is 0.0596. The summed E-state index contributed by atoms with van der Waals surface area (Å²) in [7, 11) is 1.27. The first kappa shape index (κ1) is 14.0. The van der Waals surface area contributed by atoms with Crippen molar-refractivity contribution < 1.29 is 19.4 Å². The topological polar surface area (TPSA) is 76.5 Å². The number of methoxy groups -OCH3 is 1. The number of benzene rings is 1. The van der Waals surface area contributed by atoms with Crippen LogP contribution in [0.4, 0.5) is 0 Å². The summed E-state index contributed by atoms with van der Waals surface area (Å²) in [4.78, 5) is 26.3. The zero-order chi connectivity index (χ0) is 14.7. The van der Waals surface area contributed by atoms with Crippen LogP contribution in [0, 0.1) is 0 Å². The monoisotopic (exact) mass is 291 g/mol. The molecule has 0 unspecified atom stereocenters. The highest BCUT2D eigenvalue weighted by Crippen LogP contribution is 2.25. The number of carboxylic acids is 1. The number of carbonyl (C=O) groups excluding carboxylic acids is 1. The van der Waals surface area contributed by atoms with Crippen LogP contribution < -0.4 is 0 Å². The Morgan fingerprint density at radius 2 is 2.00 bits per heavy atom. The molecule has 1 N–H and O–H groups in total. The van der Waals surface area contributed by atoms with Crippen molar-refractivity contribution in [1.29, 1.82) is 0 Å². The number of esters is 1. The first-order valence-corrected chi connectivity index (χ1v) is 5.99. The van der Waals surface area contributed by atoms with E-state index >= 15 is 0 Å². The average Bonchev–Trinajstić information content (AvgIpc) is 2.46. The number of hydrogen-bond acceptors (Lipinski definition) is 4. The molecule has 5 nitrogen and oxygen atoms in total. The van der Waals surface area contributed by atoms with Gasteiger partial charge in [0.25, 0.3) is 0 Å². The van der Waals surface area contributed by atoms with E-state index in [4.69, 9.17) is 16.7 Å². The van der Waals surface area contributed by atoms with Gasteiger partial charge in [-0.2, -0.15) is 0 Å². The smallest absolute Gasteiger partial charge is 0.354 e. The summed E-state index contributed by atoms with van der Waals surface area (Å²) < 4.78 is 4.60. The number of hydrogen-bond donors (Lipinski definition) is 1. The molecule has 0 saturated carbocycles. The van der Waals surface area contributed by atoms with Gasteiger partial charge in [0.2, 0.25) is 0 Å². The molecule has 1 aromatic carbocycles. The Morgan fingerprint density at radius 1 is 1.25 bits per heavy atom. The van der Waals surface area contributed by atoms with Gasteiger partial charge in [0.15, 0.2) is 0 Å². The summed E-state index contributed by atoms with van der Waals surface area (Å²) >= 11 is 6.01. The van der Waals surface area contributed by atoms with Gasteiger partial charge >= 0.3 is 11.9 Å². The van der Waals surface area contributed by atoms with Crippen molar-refractivity contribution in [3.05, 3.63) is 52.7 Å². The van der Waals surface area contributed by atoms with Crippen molar-refractivity contribution in [2.45, 2.75) is 0 Å². The maximum Gasteiger partial charge on any atom is 0.354 e. The van der Waals surface area contributed by atoms with E-state index in [0.717, 1.165) is 0 Å². The van der Waals surface area contributed by atoms with E-state index in [1.807, 2.05) is 0 Å². The molecule has 1 aromatic heterocycles. The number of aromatic carboxylic acids is 1. The number of carboxylic acid groups (broad SMARTS) is 1. The number of nitrogens with zero attached hydrogens (tertiary/aromatic N) is 1. The first-order chi connectivity index (χ1) is 9.52. The van der Waals surface area contributed by atoms with E-state index in [0.29, 0.717) is 11.3 Å². The summed E-state index contributed by atoms with van der Waals surface area (Å²) in [5.41, 5.74) is 1.26. The summed E-state index contributed by atoms with van der Waals surface area (Å²) in [6.07, 6.45) is 0. The van der Waals surface area contributed by atoms with Gasteiger partial charge in [-0.1, -0.05) is 23.7 Å². The molecule has 0 aliphatic rings. The molecule has 20 heavy (non-hydrogen) atoms. The number of pyridine rings is 1. The third kappa shape index (κ3) is 2.78. The predicted molar refractivity (Wildman–Crippen MR) is 73.0 cm³/mol. The van der Waals surface area contributed by atoms with Crippen LogP contribution in [0.2, 0.25) is 5.02 Å². The first-order valence-electron chi connectivity index (χ1n) is 5.61. The lowest BCUT2D eigenvalue weighted by Crippen LogP contribution is -2.03. The second-order valence-corrected chi connectivity index (χ2v) is 4.31. The number of rotatable bonds is 3. The lowest BCUT2D eigenvalue weighted by atomic mass is 10.1. The summed E-state index contributed by atoms with van der Waals surface area (Å²) in [6.45, 7) is 0. The third-order valence-corrected chi connectivity index (χ3v) is 2.95. The Morgan fingerprint density at radius 3 is 2.60 bits per heavy atom. The Kier molecular flexibility index (Phi) is 4.00. The van der Waals surface area contributed by atoms with Crippen LogP contribution in [0.25, 0.3) is 11.3 Å². The Hall–Kier alpha value is -2.40. The molecule has 0 aliphatic carbocycles. The normalized spacial score (nSPS) is 10.1. The second-order valence-electron chi connectivity index (χ2n) is 3.90. The molecular weight excluding hydrogens is 282 g/mol.